The molecule has 4 nitrogen and oxygen atoms in total. The van der Waals surface area contributed by atoms with E-state index in [1.54, 1.807) is 25.0 Å². The van der Waals surface area contributed by atoms with Gasteiger partial charge in [0.2, 0.25) is 11.6 Å². The summed E-state index contributed by atoms with van der Waals surface area (Å²) in [4.78, 5) is 48.1. The maximum absolute atomic E-state index is 12.4. The lowest BCUT2D eigenvalue weighted by atomic mass is 10.0. The molecule has 0 saturated heterocycles. The highest BCUT2D eigenvalue weighted by Gasteiger charge is 2.61. The molecule has 0 heterocycles. The average molecular weight is 355 g/mol. The number of carbonyl (C=O) groups is 4. The van der Waals surface area contributed by atoms with E-state index in [9.17, 15) is 19.2 Å². The van der Waals surface area contributed by atoms with Gasteiger partial charge >= 0.3 is 0 Å². The normalized spacial score (nSPS) is 12.1. The minimum absolute atomic E-state index is 0.613. The Morgan fingerprint density at radius 1 is 0.600 bits per heavy atom. The summed E-state index contributed by atoms with van der Waals surface area (Å²) >= 11 is 4.53. The van der Waals surface area contributed by atoms with Gasteiger partial charge in [-0.25, -0.2) is 0 Å². The summed E-state index contributed by atoms with van der Waals surface area (Å²) in [5, 5.41) is 0. The van der Waals surface area contributed by atoms with Crippen LogP contribution in [0.2, 0.25) is 0 Å². The highest BCUT2D eigenvalue weighted by Crippen LogP contribution is 2.56. The van der Waals surface area contributed by atoms with Crippen molar-refractivity contribution < 1.29 is 19.2 Å². The van der Waals surface area contributed by atoms with E-state index in [1.165, 1.54) is 13.8 Å². The highest BCUT2D eigenvalue weighted by atomic mass is 32.2. The highest BCUT2D eigenvalue weighted by molar-refractivity contribution is 8.26. The molecule has 0 unspecified atom stereocenters. The molecule has 0 aliphatic carbocycles. The molecule has 0 amide bonds. The largest absolute Gasteiger partial charge is 0.291 e. The molecule has 0 saturated carbocycles. The van der Waals surface area contributed by atoms with Gasteiger partial charge in [0.05, 0.1) is 0 Å². The molecule has 0 atom stereocenters. The smallest absolute Gasteiger partial charge is 0.226 e. The predicted molar refractivity (Wildman–Crippen MR) is 90.9 cm³/mol. The molecule has 0 bridgehead atoms. The Morgan fingerprint density at radius 2 is 0.800 bits per heavy atom. The summed E-state index contributed by atoms with van der Waals surface area (Å²) in [5.41, 5.74) is 0. The first-order valence-corrected chi connectivity index (χ1v) is 10.4. The fourth-order valence-corrected chi connectivity index (χ4v) is 7.93. The predicted octanol–water partition coefficient (Wildman–Crippen LogP) is 2.15. The number of hydrogen-bond donors (Lipinski definition) is 0. The second-order valence-corrected chi connectivity index (χ2v) is 8.42. The van der Waals surface area contributed by atoms with Gasteiger partial charge in [-0.2, -0.15) is 0 Å². The number of Topliss-reactive ketones (excluding diaryl/α,β-unsaturated/α-hetero) is 4. The quantitative estimate of drug-likeness (QED) is 0.461. The zero-order chi connectivity index (χ0) is 16.1. The van der Waals surface area contributed by atoms with Gasteiger partial charge in [0.15, 0.2) is 19.7 Å². The van der Waals surface area contributed by atoms with Crippen LogP contribution in [0.4, 0.5) is 0 Å². The summed E-state index contributed by atoms with van der Waals surface area (Å²) in [6.45, 7) is 2.38. The van der Waals surface area contributed by atoms with Gasteiger partial charge in [-0.3, -0.25) is 19.2 Å². The van der Waals surface area contributed by atoms with Crippen LogP contribution in [0.5, 0.6) is 0 Å². The molecule has 20 heavy (non-hydrogen) atoms. The van der Waals surface area contributed by atoms with Crippen LogP contribution in [0.25, 0.3) is 0 Å². The second kappa shape index (κ2) is 7.91. The molecule has 0 spiro atoms. The summed E-state index contributed by atoms with van der Waals surface area (Å²) in [6.07, 6.45) is 6.69. The van der Waals surface area contributed by atoms with Crippen molar-refractivity contribution in [1.82, 2.24) is 0 Å². The van der Waals surface area contributed by atoms with E-state index in [0.717, 1.165) is 47.0 Å². The third-order valence-corrected chi connectivity index (χ3v) is 9.60. The van der Waals surface area contributed by atoms with Crippen LogP contribution in [0.15, 0.2) is 0 Å². The molecule has 0 aliphatic rings. The number of thioether (sulfide) groups is 4. The Hall–Kier alpha value is 0.0800. The minimum atomic E-state index is -1.32. The third-order valence-electron chi connectivity index (χ3n) is 2.82. The number of carbonyl (C=O) groups excluding carboxylic acids is 4. The van der Waals surface area contributed by atoms with Crippen LogP contribution in [0.1, 0.15) is 13.8 Å². The molecule has 0 fully saturated rings. The SMILES string of the molecule is CSC(SC)(C(=O)C(C)=O)C(SC)(SC)C(=O)C(C)=O. The van der Waals surface area contributed by atoms with Crippen molar-refractivity contribution in [2.24, 2.45) is 0 Å². The van der Waals surface area contributed by atoms with Gasteiger partial charge in [-0.1, -0.05) is 0 Å². The van der Waals surface area contributed by atoms with E-state index >= 15 is 0 Å². The van der Waals surface area contributed by atoms with Crippen molar-refractivity contribution in [3.63, 3.8) is 0 Å². The maximum Gasteiger partial charge on any atom is 0.226 e. The first-order valence-electron chi connectivity index (χ1n) is 5.52. The van der Waals surface area contributed by atoms with Gasteiger partial charge in [0.25, 0.3) is 0 Å². The van der Waals surface area contributed by atoms with Crippen LogP contribution >= 0.6 is 47.0 Å². The van der Waals surface area contributed by atoms with Crippen molar-refractivity contribution >= 4 is 70.2 Å². The number of ketones is 4. The van der Waals surface area contributed by atoms with Crippen LogP contribution in [-0.2, 0) is 19.2 Å². The van der Waals surface area contributed by atoms with Crippen molar-refractivity contribution in [2.45, 2.75) is 22.0 Å². The Bertz CT molecular complexity index is 385. The fraction of sp³-hybridized carbons (Fsp3) is 0.667. The van der Waals surface area contributed by atoms with Crippen LogP contribution < -0.4 is 0 Å². The molecule has 0 aliphatic heterocycles. The lowest BCUT2D eigenvalue weighted by Gasteiger charge is -2.43. The fourth-order valence-electron chi connectivity index (χ4n) is 1.84. The van der Waals surface area contributed by atoms with Crippen LogP contribution in [0.3, 0.4) is 0 Å². The number of hydrogen-bond acceptors (Lipinski definition) is 8. The molecular weight excluding hydrogens is 336 g/mol. The van der Waals surface area contributed by atoms with E-state index in [4.69, 9.17) is 0 Å². The Balaban J connectivity index is 6.32. The molecule has 0 radical (unpaired) electrons. The summed E-state index contributed by atoms with van der Waals surface area (Å²) < 4.78 is -2.64. The molecule has 0 aromatic heterocycles. The van der Waals surface area contributed by atoms with Crippen molar-refractivity contribution in [1.29, 1.82) is 0 Å². The standard InChI is InChI=1S/C12H18O4S4/c1-7(13)9(15)11(17-3,18-4)12(19-5,20-6)10(16)8(2)14/h1-6H3. The van der Waals surface area contributed by atoms with Crippen molar-refractivity contribution in [2.75, 3.05) is 25.0 Å². The summed E-state index contributed by atoms with van der Waals surface area (Å²) in [7, 11) is 0. The topological polar surface area (TPSA) is 68.3 Å². The van der Waals surface area contributed by atoms with E-state index in [0.29, 0.717) is 0 Å². The van der Waals surface area contributed by atoms with E-state index in [2.05, 4.69) is 0 Å². The van der Waals surface area contributed by atoms with Gasteiger partial charge in [-0.15, -0.1) is 47.0 Å². The number of rotatable bonds is 9. The zero-order valence-electron chi connectivity index (χ0n) is 12.3. The Kier molecular flexibility index (Phi) is 7.94. The summed E-state index contributed by atoms with van der Waals surface area (Å²) in [6, 6.07) is 0. The van der Waals surface area contributed by atoms with Crippen LogP contribution in [0, 0.1) is 0 Å². The lowest BCUT2D eigenvalue weighted by molar-refractivity contribution is -0.138. The lowest BCUT2D eigenvalue weighted by Crippen LogP contribution is -2.58. The van der Waals surface area contributed by atoms with E-state index < -0.39 is 31.3 Å². The van der Waals surface area contributed by atoms with Crippen molar-refractivity contribution in [3.05, 3.63) is 0 Å². The van der Waals surface area contributed by atoms with E-state index in [1.807, 2.05) is 0 Å². The van der Waals surface area contributed by atoms with Gasteiger partial charge in [0, 0.05) is 13.8 Å². The van der Waals surface area contributed by atoms with E-state index in [-0.39, 0.29) is 0 Å². The second-order valence-electron chi connectivity index (χ2n) is 3.82. The Morgan fingerprint density at radius 3 is 0.900 bits per heavy atom. The molecule has 0 N–H and O–H groups in total. The van der Waals surface area contributed by atoms with Gasteiger partial charge in [-0.05, 0) is 25.0 Å². The molecular formula is C12H18O4S4. The first kappa shape index (κ1) is 20.1. The maximum atomic E-state index is 12.4. The Labute approximate surface area is 136 Å². The molecule has 0 aromatic rings. The first-order chi connectivity index (χ1) is 9.20. The molecule has 114 valence electrons. The van der Waals surface area contributed by atoms with Gasteiger partial charge in [0.1, 0.15) is 0 Å². The van der Waals surface area contributed by atoms with Crippen LogP contribution in [-0.4, -0.2) is 56.3 Å². The zero-order valence-corrected chi connectivity index (χ0v) is 15.5. The summed E-state index contributed by atoms with van der Waals surface area (Å²) in [5.74, 6) is -2.51. The van der Waals surface area contributed by atoms with Gasteiger partial charge < -0.3 is 0 Å². The minimum Gasteiger partial charge on any atom is -0.291 e. The molecule has 0 rings (SSSR count). The molecule has 0 aromatic carbocycles. The van der Waals surface area contributed by atoms with Crippen molar-refractivity contribution in [3.8, 4) is 0 Å². The molecule has 8 heteroatoms. The monoisotopic (exact) mass is 354 g/mol. The third kappa shape index (κ3) is 3.13. The average Bonchev–Trinajstić information content (AvgIpc) is 2.43.